The fourth-order valence-corrected chi connectivity index (χ4v) is 2.20. The molecule has 134 valence electrons. The monoisotopic (exact) mass is 358 g/mol. The van der Waals surface area contributed by atoms with Gasteiger partial charge in [0.2, 0.25) is 5.82 Å². The average molecular weight is 358 g/mol. The summed E-state index contributed by atoms with van der Waals surface area (Å²) in [6.07, 6.45) is 0. The van der Waals surface area contributed by atoms with Gasteiger partial charge in [-0.3, -0.25) is 0 Å². The second-order valence-corrected chi connectivity index (χ2v) is 5.16. The fourth-order valence-electron chi connectivity index (χ4n) is 2.20. The number of carbonyl (C=O) groups is 1. The number of methoxy groups -OCH3 is 2. The largest absolute Gasteiger partial charge is 0.497 e. The van der Waals surface area contributed by atoms with Crippen molar-refractivity contribution in [3.63, 3.8) is 0 Å². The van der Waals surface area contributed by atoms with Gasteiger partial charge >= 0.3 is 5.97 Å². The Morgan fingerprint density at radius 2 is 1.88 bits per heavy atom. The molecule has 0 fully saturated rings. The van der Waals surface area contributed by atoms with Crippen molar-refractivity contribution >= 4 is 5.97 Å². The normalized spacial score (nSPS) is 10.4. The van der Waals surface area contributed by atoms with Crippen LogP contribution in [0.15, 0.2) is 47.0 Å². The lowest BCUT2D eigenvalue weighted by Crippen LogP contribution is -2.07. The number of carbonyl (C=O) groups excluding carboxylic acids is 1. The van der Waals surface area contributed by atoms with Gasteiger partial charge in [-0.1, -0.05) is 5.16 Å². The van der Waals surface area contributed by atoms with Gasteiger partial charge in [-0.25, -0.2) is 9.18 Å². The smallest absolute Gasteiger partial charge is 0.342 e. The van der Waals surface area contributed by atoms with Gasteiger partial charge in [-0.05, 0) is 36.4 Å². The number of benzene rings is 2. The molecule has 1 aromatic heterocycles. The summed E-state index contributed by atoms with van der Waals surface area (Å²) in [6, 6.07) is 10.4. The van der Waals surface area contributed by atoms with Crippen molar-refractivity contribution in [2.45, 2.75) is 6.61 Å². The van der Waals surface area contributed by atoms with Crippen LogP contribution in [0.2, 0.25) is 0 Å². The van der Waals surface area contributed by atoms with Crippen molar-refractivity contribution < 1.29 is 27.9 Å². The third-order valence-electron chi connectivity index (χ3n) is 3.53. The molecule has 0 atom stereocenters. The first kappa shape index (κ1) is 17.4. The topological polar surface area (TPSA) is 83.7 Å². The van der Waals surface area contributed by atoms with Crippen LogP contribution in [0.4, 0.5) is 4.39 Å². The van der Waals surface area contributed by atoms with Crippen LogP contribution >= 0.6 is 0 Å². The first-order chi connectivity index (χ1) is 12.6. The summed E-state index contributed by atoms with van der Waals surface area (Å²) in [7, 11) is 2.96. The van der Waals surface area contributed by atoms with Crippen LogP contribution in [0.1, 0.15) is 16.2 Å². The zero-order chi connectivity index (χ0) is 18.5. The Hall–Kier alpha value is -3.42. The van der Waals surface area contributed by atoms with Crippen LogP contribution in [0.5, 0.6) is 11.5 Å². The van der Waals surface area contributed by atoms with Gasteiger partial charge in [0.05, 0.1) is 14.2 Å². The summed E-state index contributed by atoms with van der Waals surface area (Å²) >= 11 is 0. The third kappa shape index (κ3) is 3.80. The number of ether oxygens (including phenoxy) is 3. The summed E-state index contributed by atoms with van der Waals surface area (Å²) in [5.74, 6) is 0.306. The number of aromatic nitrogens is 2. The molecule has 0 saturated carbocycles. The Kier molecular flexibility index (Phi) is 5.12. The fraction of sp³-hybridized carbons (Fsp3) is 0.167. The zero-order valence-electron chi connectivity index (χ0n) is 14.1. The second-order valence-electron chi connectivity index (χ2n) is 5.16. The summed E-state index contributed by atoms with van der Waals surface area (Å²) in [6.45, 7) is -0.206. The van der Waals surface area contributed by atoms with Gasteiger partial charge in [0.1, 0.15) is 22.9 Å². The lowest BCUT2D eigenvalue weighted by atomic mass is 10.2. The molecular formula is C18H15FN2O5. The molecule has 3 rings (SSSR count). The molecule has 0 radical (unpaired) electrons. The Bertz CT molecular complexity index is 908. The number of hydrogen-bond acceptors (Lipinski definition) is 7. The summed E-state index contributed by atoms with van der Waals surface area (Å²) < 4.78 is 33.4. The van der Waals surface area contributed by atoms with Gasteiger partial charge in [0.25, 0.3) is 5.89 Å². The van der Waals surface area contributed by atoms with Gasteiger partial charge in [0.15, 0.2) is 6.61 Å². The van der Waals surface area contributed by atoms with E-state index in [0.717, 1.165) is 0 Å². The minimum Gasteiger partial charge on any atom is -0.497 e. The second kappa shape index (κ2) is 7.64. The molecule has 0 spiro atoms. The first-order valence-electron chi connectivity index (χ1n) is 7.58. The zero-order valence-corrected chi connectivity index (χ0v) is 14.1. The lowest BCUT2D eigenvalue weighted by Gasteiger charge is -2.09. The highest BCUT2D eigenvalue weighted by molar-refractivity contribution is 5.92. The molecular weight excluding hydrogens is 343 g/mol. The van der Waals surface area contributed by atoms with Crippen LogP contribution in [0.25, 0.3) is 11.4 Å². The molecule has 7 nitrogen and oxygen atoms in total. The molecule has 0 aliphatic rings. The number of halogens is 1. The van der Waals surface area contributed by atoms with E-state index in [4.69, 9.17) is 18.7 Å². The highest BCUT2D eigenvalue weighted by Gasteiger charge is 2.17. The minimum absolute atomic E-state index is 0.116. The predicted octanol–water partition coefficient (Wildman–Crippen LogP) is 3.25. The van der Waals surface area contributed by atoms with Crippen molar-refractivity contribution in [2.75, 3.05) is 14.2 Å². The van der Waals surface area contributed by atoms with E-state index in [2.05, 4.69) is 10.1 Å². The molecule has 0 saturated heterocycles. The Morgan fingerprint density at radius 3 is 2.58 bits per heavy atom. The number of hydrogen-bond donors (Lipinski definition) is 0. The Balaban J connectivity index is 1.68. The van der Waals surface area contributed by atoms with Crippen LogP contribution in [0.3, 0.4) is 0 Å². The van der Waals surface area contributed by atoms with E-state index in [9.17, 15) is 9.18 Å². The van der Waals surface area contributed by atoms with Gasteiger partial charge in [0, 0.05) is 11.6 Å². The lowest BCUT2D eigenvalue weighted by molar-refractivity contribution is 0.0426. The highest BCUT2D eigenvalue weighted by Crippen LogP contribution is 2.25. The van der Waals surface area contributed by atoms with Crippen LogP contribution in [-0.2, 0) is 11.3 Å². The molecule has 8 heteroatoms. The quantitative estimate of drug-likeness (QED) is 0.625. The number of nitrogens with zero attached hydrogens (tertiary/aromatic N) is 2. The maximum absolute atomic E-state index is 12.9. The predicted molar refractivity (Wildman–Crippen MR) is 88.4 cm³/mol. The molecule has 26 heavy (non-hydrogen) atoms. The maximum Gasteiger partial charge on any atom is 0.342 e. The van der Waals surface area contributed by atoms with Crippen LogP contribution in [-0.4, -0.2) is 30.3 Å². The minimum atomic E-state index is -0.606. The van der Waals surface area contributed by atoms with Crippen molar-refractivity contribution in [1.29, 1.82) is 0 Å². The Morgan fingerprint density at radius 1 is 1.12 bits per heavy atom. The summed E-state index contributed by atoms with van der Waals surface area (Å²) in [5, 5.41) is 3.78. The van der Waals surface area contributed by atoms with E-state index in [-0.39, 0.29) is 29.7 Å². The molecule has 0 amide bonds. The van der Waals surface area contributed by atoms with Gasteiger partial charge in [-0.2, -0.15) is 4.98 Å². The molecule has 0 aliphatic carbocycles. The average Bonchev–Trinajstić information content (AvgIpc) is 3.15. The standard InChI is InChI=1S/C18H15FN2O5/c1-23-13-7-8-14(15(9-13)24-2)18(22)25-10-16-20-17(21-26-16)11-3-5-12(19)6-4-11/h3-9H,10H2,1-2H3. The Labute approximate surface area is 148 Å². The van der Waals surface area contributed by atoms with Crippen molar-refractivity contribution in [2.24, 2.45) is 0 Å². The van der Waals surface area contributed by atoms with E-state index in [0.29, 0.717) is 17.1 Å². The van der Waals surface area contributed by atoms with E-state index in [1.165, 1.54) is 44.6 Å². The molecule has 0 aliphatic heterocycles. The van der Waals surface area contributed by atoms with Gasteiger partial charge < -0.3 is 18.7 Å². The highest BCUT2D eigenvalue weighted by atomic mass is 19.1. The van der Waals surface area contributed by atoms with E-state index in [1.807, 2.05) is 0 Å². The maximum atomic E-state index is 12.9. The molecule has 0 N–H and O–H groups in total. The molecule has 1 heterocycles. The molecule has 3 aromatic rings. The van der Waals surface area contributed by atoms with E-state index >= 15 is 0 Å². The SMILES string of the molecule is COc1ccc(C(=O)OCc2nc(-c3ccc(F)cc3)no2)c(OC)c1. The van der Waals surface area contributed by atoms with E-state index in [1.54, 1.807) is 12.1 Å². The number of rotatable bonds is 6. The molecule has 0 unspecified atom stereocenters. The van der Waals surface area contributed by atoms with E-state index < -0.39 is 5.97 Å². The van der Waals surface area contributed by atoms with Crippen molar-refractivity contribution in [3.8, 4) is 22.9 Å². The van der Waals surface area contributed by atoms with Crippen molar-refractivity contribution in [1.82, 2.24) is 10.1 Å². The third-order valence-corrected chi connectivity index (χ3v) is 3.53. The first-order valence-corrected chi connectivity index (χ1v) is 7.58. The van der Waals surface area contributed by atoms with Crippen LogP contribution in [0, 0.1) is 5.82 Å². The molecule has 2 aromatic carbocycles. The van der Waals surface area contributed by atoms with Crippen LogP contribution < -0.4 is 9.47 Å². The van der Waals surface area contributed by atoms with Gasteiger partial charge in [-0.15, -0.1) is 0 Å². The number of esters is 1. The summed E-state index contributed by atoms with van der Waals surface area (Å²) in [4.78, 5) is 16.4. The van der Waals surface area contributed by atoms with Crippen molar-refractivity contribution in [3.05, 3.63) is 59.7 Å². The summed E-state index contributed by atoms with van der Waals surface area (Å²) in [5.41, 5.74) is 0.830. The molecule has 0 bridgehead atoms.